The Balaban J connectivity index is 2.39. The van der Waals surface area contributed by atoms with Crippen LogP contribution in [0.15, 0.2) is 6.33 Å². The number of carbonyl (C=O) groups is 1. The van der Waals surface area contributed by atoms with Crippen LogP contribution in [0.3, 0.4) is 0 Å². The van der Waals surface area contributed by atoms with Crippen LogP contribution in [0.25, 0.3) is 0 Å². The lowest BCUT2D eigenvalue weighted by atomic mass is 10.0. The summed E-state index contributed by atoms with van der Waals surface area (Å²) in [7, 11) is 0. The summed E-state index contributed by atoms with van der Waals surface area (Å²) in [5.41, 5.74) is 5.40. The average molecular weight is 225 g/mol. The molecule has 6 heteroatoms. The van der Waals surface area contributed by atoms with Gasteiger partial charge >= 0.3 is 0 Å². The van der Waals surface area contributed by atoms with Crippen LogP contribution in [0.2, 0.25) is 0 Å². The van der Waals surface area contributed by atoms with E-state index in [-0.39, 0.29) is 17.9 Å². The van der Waals surface area contributed by atoms with E-state index in [2.05, 4.69) is 20.5 Å². The van der Waals surface area contributed by atoms with Gasteiger partial charge in [0.25, 0.3) is 0 Å². The fourth-order valence-electron chi connectivity index (χ4n) is 1.40. The number of rotatable bonds is 6. The summed E-state index contributed by atoms with van der Waals surface area (Å²) < 4.78 is 0. The minimum absolute atomic E-state index is 0.0195. The van der Waals surface area contributed by atoms with Crippen molar-refractivity contribution >= 4 is 5.91 Å². The summed E-state index contributed by atoms with van der Waals surface area (Å²) in [4.78, 5) is 15.7. The van der Waals surface area contributed by atoms with Crippen molar-refractivity contribution in [3.8, 4) is 0 Å². The number of H-pyrrole nitrogens is 1. The number of aromatic nitrogens is 3. The molecular weight excluding hydrogens is 206 g/mol. The van der Waals surface area contributed by atoms with Crippen LogP contribution in [0.1, 0.15) is 38.6 Å². The second-order valence-electron chi connectivity index (χ2n) is 3.93. The van der Waals surface area contributed by atoms with Crippen molar-refractivity contribution < 1.29 is 4.79 Å². The van der Waals surface area contributed by atoms with Crippen LogP contribution in [0, 0.1) is 5.92 Å². The maximum atomic E-state index is 11.7. The second-order valence-corrected chi connectivity index (χ2v) is 3.93. The largest absolute Gasteiger partial charge is 0.346 e. The van der Waals surface area contributed by atoms with E-state index in [1.165, 1.54) is 6.33 Å². The number of hydrogen-bond acceptors (Lipinski definition) is 4. The smallest absolute Gasteiger partial charge is 0.223 e. The van der Waals surface area contributed by atoms with Crippen molar-refractivity contribution in [2.45, 2.75) is 32.7 Å². The Morgan fingerprint density at radius 1 is 1.62 bits per heavy atom. The summed E-state index contributed by atoms with van der Waals surface area (Å²) in [6.45, 7) is 4.39. The first-order chi connectivity index (χ1) is 7.65. The average Bonchev–Trinajstić information content (AvgIpc) is 2.79. The fraction of sp³-hybridized carbons (Fsp3) is 0.700. The van der Waals surface area contributed by atoms with E-state index >= 15 is 0 Å². The van der Waals surface area contributed by atoms with Gasteiger partial charge in [0.15, 0.2) is 0 Å². The summed E-state index contributed by atoms with van der Waals surface area (Å²) in [6, 6.07) is -0.143. The Morgan fingerprint density at radius 3 is 2.94 bits per heavy atom. The lowest BCUT2D eigenvalue weighted by Gasteiger charge is -2.15. The monoisotopic (exact) mass is 225 g/mol. The zero-order valence-corrected chi connectivity index (χ0v) is 9.73. The van der Waals surface area contributed by atoms with Crippen LogP contribution in [-0.4, -0.2) is 27.6 Å². The number of amides is 1. The summed E-state index contributed by atoms with van der Waals surface area (Å²) in [5.74, 6) is 0.672. The molecule has 2 unspecified atom stereocenters. The molecule has 0 radical (unpaired) electrons. The molecule has 1 rings (SSSR count). The van der Waals surface area contributed by atoms with Crippen LogP contribution >= 0.6 is 0 Å². The van der Waals surface area contributed by atoms with Crippen molar-refractivity contribution in [3.63, 3.8) is 0 Å². The van der Waals surface area contributed by atoms with E-state index in [0.29, 0.717) is 12.4 Å². The fourth-order valence-corrected chi connectivity index (χ4v) is 1.40. The molecule has 6 nitrogen and oxygen atoms in total. The van der Waals surface area contributed by atoms with Gasteiger partial charge in [0, 0.05) is 5.92 Å². The van der Waals surface area contributed by atoms with Gasteiger partial charge in [-0.15, -0.1) is 0 Å². The highest BCUT2D eigenvalue weighted by molar-refractivity contribution is 5.78. The molecule has 0 aliphatic carbocycles. The first kappa shape index (κ1) is 12.6. The zero-order valence-electron chi connectivity index (χ0n) is 9.73. The second kappa shape index (κ2) is 6.22. The highest BCUT2D eigenvalue weighted by Crippen LogP contribution is 2.09. The van der Waals surface area contributed by atoms with Gasteiger partial charge in [0.1, 0.15) is 12.2 Å². The van der Waals surface area contributed by atoms with Crippen molar-refractivity contribution in [3.05, 3.63) is 12.2 Å². The molecule has 0 saturated carbocycles. The highest BCUT2D eigenvalue weighted by Gasteiger charge is 2.16. The molecular formula is C10H19N5O. The van der Waals surface area contributed by atoms with Crippen LogP contribution in [-0.2, 0) is 4.79 Å². The molecule has 4 N–H and O–H groups in total. The maximum Gasteiger partial charge on any atom is 0.223 e. The molecule has 1 aromatic heterocycles. The third-order valence-corrected chi connectivity index (χ3v) is 2.49. The van der Waals surface area contributed by atoms with Gasteiger partial charge in [-0.05, 0) is 26.3 Å². The Hall–Kier alpha value is -1.43. The molecule has 1 amide bonds. The van der Waals surface area contributed by atoms with E-state index in [4.69, 9.17) is 5.73 Å². The maximum absolute atomic E-state index is 11.7. The van der Waals surface area contributed by atoms with Gasteiger partial charge < -0.3 is 11.1 Å². The lowest BCUT2D eigenvalue weighted by molar-refractivity contribution is -0.125. The first-order valence-electron chi connectivity index (χ1n) is 5.50. The molecule has 16 heavy (non-hydrogen) atoms. The van der Waals surface area contributed by atoms with Crippen molar-refractivity contribution in [2.75, 3.05) is 6.54 Å². The standard InChI is InChI=1S/C10H19N5O/c1-7(4-3-5-11)10(16)14-8(2)9-12-6-13-15-9/h6-8H,3-5,11H2,1-2H3,(H,14,16)(H,12,13,15). The number of hydrogen-bond donors (Lipinski definition) is 3. The van der Waals surface area contributed by atoms with E-state index in [0.717, 1.165) is 12.8 Å². The van der Waals surface area contributed by atoms with Gasteiger partial charge in [0.2, 0.25) is 5.91 Å². The predicted octanol–water partition coefficient (Wildman–Crippen LogP) is 0.357. The van der Waals surface area contributed by atoms with E-state index < -0.39 is 0 Å². The van der Waals surface area contributed by atoms with Crippen molar-refractivity contribution in [1.29, 1.82) is 0 Å². The molecule has 0 aliphatic rings. The van der Waals surface area contributed by atoms with Crippen LogP contribution in [0.4, 0.5) is 0 Å². The topological polar surface area (TPSA) is 96.7 Å². The molecule has 2 atom stereocenters. The Bertz CT molecular complexity index is 311. The third kappa shape index (κ3) is 3.62. The summed E-state index contributed by atoms with van der Waals surface area (Å²) in [5, 5.41) is 9.35. The molecule has 0 aliphatic heterocycles. The zero-order chi connectivity index (χ0) is 12.0. The third-order valence-electron chi connectivity index (χ3n) is 2.49. The van der Waals surface area contributed by atoms with E-state index in [9.17, 15) is 4.79 Å². The number of nitrogens with one attached hydrogen (secondary N) is 2. The number of nitrogens with two attached hydrogens (primary N) is 1. The molecule has 1 heterocycles. The Kier molecular flexibility index (Phi) is 4.91. The molecule has 0 aromatic carbocycles. The first-order valence-corrected chi connectivity index (χ1v) is 5.50. The number of nitrogens with zero attached hydrogens (tertiary/aromatic N) is 2. The molecule has 0 bridgehead atoms. The van der Waals surface area contributed by atoms with Gasteiger partial charge in [-0.3, -0.25) is 9.89 Å². The minimum Gasteiger partial charge on any atom is -0.346 e. The quantitative estimate of drug-likeness (QED) is 0.651. The van der Waals surface area contributed by atoms with E-state index in [1.807, 2.05) is 13.8 Å². The number of carbonyl (C=O) groups excluding carboxylic acids is 1. The van der Waals surface area contributed by atoms with Crippen LogP contribution < -0.4 is 11.1 Å². The summed E-state index contributed by atoms with van der Waals surface area (Å²) >= 11 is 0. The Morgan fingerprint density at radius 2 is 2.38 bits per heavy atom. The van der Waals surface area contributed by atoms with Gasteiger partial charge in [-0.1, -0.05) is 6.92 Å². The molecule has 90 valence electrons. The van der Waals surface area contributed by atoms with Crippen molar-refractivity contribution in [2.24, 2.45) is 11.7 Å². The molecule has 1 aromatic rings. The van der Waals surface area contributed by atoms with Gasteiger partial charge in [-0.2, -0.15) is 5.10 Å². The van der Waals surface area contributed by atoms with E-state index in [1.54, 1.807) is 0 Å². The van der Waals surface area contributed by atoms with Gasteiger partial charge in [0.05, 0.1) is 6.04 Å². The summed E-state index contributed by atoms with van der Waals surface area (Å²) in [6.07, 6.45) is 3.10. The minimum atomic E-state index is -0.143. The van der Waals surface area contributed by atoms with Crippen molar-refractivity contribution in [1.82, 2.24) is 20.5 Å². The lowest BCUT2D eigenvalue weighted by Crippen LogP contribution is -2.32. The molecule has 0 fully saturated rings. The SMILES string of the molecule is CC(CCCN)C(=O)NC(C)c1ncn[nH]1. The van der Waals surface area contributed by atoms with Crippen LogP contribution in [0.5, 0.6) is 0 Å². The normalized spacial score (nSPS) is 14.4. The molecule has 0 spiro atoms. The number of aromatic amines is 1. The Labute approximate surface area is 95.0 Å². The highest BCUT2D eigenvalue weighted by atomic mass is 16.1. The predicted molar refractivity (Wildman–Crippen MR) is 60.4 cm³/mol. The van der Waals surface area contributed by atoms with Gasteiger partial charge in [-0.25, -0.2) is 4.98 Å². The molecule has 0 saturated heterocycles.